The molecule has 4 rings (SSSR count). The van der Waals surface area contributed by atoms with E-state index in [1.165, 1.54) is 22.3 Å². The van der Waals surface area contributed by atoms with Crippen molar-refractivity contribution in [2.24, 2.45) is 0 Å². The summed E-state index contributed by atoms with van der Waals surface area (Å²) in [5, 5.41) is 2.41. The van der Waals surface area contributed by atoms with E-state index in [-0.39, 0.29) is 0 Å². The molecule has 27 heavy (non-hydrogen) atoms. The van der Waals surface area contributed by atoms with E-state index in [1.54, 1.807) is 6.20 Å². The van der Waals surface area contributed by atoms with Gasteiger partial charge in [-0.25, -0.2) is 4.98 Å². The molecule has 0 bridgehead atoms. The van der Waals surface area contributed by atoms with Crippen LogP contribution in [0.1, 0.15) is 28.3 Å². The number of imidazole rings is 1. The van der Waals surface area contributed by atoms with Crippen LogP contribution in [0.5, 0.6) is 0 Å². The van der Waals surface area contributed by atoms with Crippen molar-refractivity contribution < 1.29 is 5.32 Å². The van der Waals surface area contributed by atoms with Gasteiger partial charge in [-0.1, -0.05) is 72.3 Å². The molecule has 1 heterocycles. The van der Waals surface area contributed by atoms with Gasteiger partial charge in [0.25, 0.3) is 0 Å². The van der Waals surface area contributed by atoms with Crippen LogP contribution >= 0.6 is 0 Å². The van der Waals surface area contributed by atoms with Crippen molar-refractivity contribution >= 4 is 0 Å². The number of nitrogens with two attached hydrogens (primary N) is 1. The Hall–Kier alpha value is -3.17. The maximum absolute atomic E-state index is 4.11. The van der Waals surface area contributed by atoms with Crippen molar-refractivity contribution in [2.75, 3.05) is 0 Å². The molecule has 4 aromatic rings. The molecule has 3 aromatic carbocycles. The van der Waals surface area contributed by atoms with E-state index in [2.05, 4.69) is 96.1 Å². The van der Waals surface area contributed by atoms with E-state index in [0.717, 1.165) is 12.2 Å². The molecular formula is C24H24N3+. The summed E-state index contributed by atoms with van der Waals surface area (Å²) in [7, 11) is 0. The zero-order chi connectivity index (χ0) is 18.5. The topological polar surface area (TPSA) is 34.4 Å². The van der Waals surface area contributed by atoms with E-state index in [0.29, 0.717) is 6.04 Å². The average molecular weight is 354 g/mol. The van der Waals surface area contributed by atoms with E-state index >= 15 is 0 Å². The summed E-state index contributed by atoms with van der Waals surface area (Å²) in [6.45, 7) is 3.06. The van der Waals surface area contributed by atoms with E-state index < -0.39 is 0 Å². The summed E-state index contributed by atoms with van der Waals surface area (Å²) in [4.78, 5) is 4.11. The number of aromatic nitrogens is 2. The number of rotatable bonds is 6. The van der Waals surface area contributed by atoms with Gasteiger partial charge in [-0.3, -0.25) is 0 Å². The van der Waals surface area contributed by atoms with Gasteiger partial charge in [-0.2, -0.15) is 0 Å². The van der Waals surface area contributed by atoms with Gasteiger partial charge in [-0.15, -0.1) is 0 Å². The summed E-state index contributed by atoms with van der Waals surface area (Å²) in [6, 6.07) is 28.6. The van der Waals surface area contributed by atoms with E-state index in [1.807, 2.05) is 17.1 Å². The molecule has 3 nitrogen and oxygen atoms in total. The largest absolute Gasteiger partial charge is 0.333 e. The second-order valence-electron chi connectivity index (χ2n) is 6.88. The Kier molecular flexibility index (Phi) is 5.13. The first kappa shape index (κ1) is 17.3. The highest BCUT2D eigenvalue weighted by molar-refractivity contribution is 5.34. The lowest BCUT2D eigenvalue weighted by atomic mass is 9.97. The minimum Gasteiger partial charge on any atom is -0.333 e. The number of quaternary nitrogens is 1. The van der Waals surface area contributed by atoms with E-state index in [4.69, 9.17) is 0 Å². The quantitative estimate of drug-likeness (QED) is 0.557. The SMILES string of the molecule is Cc1ccc([C@@H]([NH2+]Cc2ccc(-n3ccnc3)cc2)c2ccccc2)cc1. The molecule has 134 valence electrons. The number of aryl methyl sites for hydroxylation is 1. The standard InChI is InChI=1S/C24H23N3/c1-19-7-11-22(12-8-19)24(21-5-3-2-4-6-21)26-17-20-9-13-23(14-10-20)27-16-15-25-18-27/h2-16,18,24,26H,17H2,1H3/p+1/t24-/m0/s1. The fourth-order valence-corrected chi connectivity index (χ4v) is 3.37. The summed E-state index contributed by atoms with van der Waals surface area (Å²) in [6.07, 6.45) is 5.58. The molecule has 1 atom stereocenters. The summed E-state index contributed by atoms with van der Waals surface area (Å²) in [5.41, 5.74) is 6.40. The molecule has 0 amide bonds. The Morgan fingerprint density at radius 3 is 2.22 bits per heavy atom. The highest BCUT2D eigenvalue weighted by Crippen LogP contribution is 2.19. The fourth-order valence-electron chi connectivity index (χ4n) is 3.37. The van der Waals surface area contributed by atoms with E-state index in [9.17, 15) is 0 Å². The zero-order valence-corrected chi connectivity index (χ0v) is 15.5. The molecule has 0 radical (unpaired) electrons. The van der Waals surface area contributed by atoms with Crippen LogP contribution in [-0.2, 0) is 6.54 Å². The first-order valence-electron chi connectivity index (χ1n) is 9.32. The van der Waals surface area contributed by atoms with Gasteiger partial charge in [0, 0.05) is 34.8 Å². The highest BCUT2D eigenvalue weighted by Gasteiger charge is 2.17. The molecule has 3 heteroatoms. The van der Waals surface area contributed by atoms with Gasteiger partial charge in [0.1, 0.15) is 12.6 Å². The lowest BCUT2D eigenvalue weighted by Gasteiger charge is -2.17. The molecule has 0 fully saturated rings. The molecule has 0 aliphatic heterocycles. The predicted molar refractivity (Wildman–Crippen MR) is 109 cm³/mol. The highest BCUT2D eigenvalue weighted by atomic mass is 15.0. The van der Waals surface area contributed by atoms with Crippen molar-refractivity contribution in [3.8, 4) is 5.69 Å². The van der Waals surface area contributed by atoms with Crippen LogP contribution in [-0.4, -0.2) is 9.55 Å². The minimum atomic E-state index is 0.292. The number of hydrogen-bond acceptors (Lipinski definition) is 1. The van der Waals surface area contributed by atoms with Crippen LogP contribution in [0.3, 0.4) is 0 Å². The summed E-state index contributed by atoms with van der Waals surface area (Å²) in [5.74, 6) is 0. The summed E-state index contributed by atoms with van der Waals surface area (Å²) < 4.78 is 2.02. The van der Waals surface area contributed by atoms with Crippen LogP contribution in [0.15, 0.2) is 97.6 Å². The molecule has 1 aromatic heterocycles. The first-order chi connectivity index (χ1) is 13.3. The molecule has 0 saturated heterocycles. The molecule has 0 aliphatic carbocycles. The monoisotopic (exact) mass is 354 g/mol. The maximum atomic E-state index is 4.11. The third-order valence-electron chi connectivity index (χ3n) is 4.92. The second-order valence-corrected chi connectivity index (χ2v) is 6.88. The molecule has 0 aliphatic rings. The minimum absolute atomic E-state index is 0.292. The van der Waals surface area contributed by atoms with Crippen molar-refractivity contribution in [3.63, 3.8) is 0 Å². The molecule has 0 unspecified atom stereocenters. The van der Waals surface area contributed by atoms with Gasteiger partial charge in [0.05, 0.1) is 6.33 Å². The average Bonchev–Trinajstić information content (AvgIpc) is 3.26. The van der Waals surface area contributed by atoms with Crippen molar-refractivity contribution in [1.29, 1.82) is 0 Å². The van der Waals surface area contributed by atoms with Gasteiger partial charge in [0.2, 0.25) is 0 Å². The van der Waals surface area contributed by atoms with Crippen LogP contribution in [0.25, 0.3) is 5.69 Å². The van der Waals surface area contributed by atoms with Crippen LogP contribution in [0, 0.1) is 6.92 Å². The van der Waals surface area contributed by atoms with Crippen molar-refractivity contribution in [2.45, 2.75) is 19.5 Å². The van der Waals surface area contributed by atoms with Gasteiger partial charge < -0.3 is 9.88 Å². The first-order valence-corrected chi connectivity index (χ1v) is 9.32. The van der Waals surface area contributed by atoms with Crippen LogP contribution in [0.2, 0.25) is 0 Å². The number of hydrogen-bond donors (Lipinski definition) is 1. The third-order valence-corrected chi connectivity index (χ3v) is 4.92. The van der Waals surface area contributed by atoms with Crippen LogP contribution < -0.4 is 5.32 Å². The Morgan fingerprint density at radius 1 is 0.852 bits per heavy atom. The molecule has 2 N–H and O–H groups in total. The third kappa shape index (κ3) is 4.15. The number of benzene rings is 3. The van der Waals surface area contributed by atoms with Gasteiger partial charge in [-0.05, 0) is 19.1 Å². The molecular weight excluding hydrogens is 330 g/mol. The van der Waals surface area contributed by atoms with Crippen molar-refractivity contribution in [3.05, 3.63) is 120 Å². The predicted octanol–water partition coefficient (Wildman–Crippen LogP) is 4.03. The Balaban J connectivity index is 1.52. The lowest BCUT2D eigenvalue weighted by Crippen LogP contribution is -2.83. The molecule has 0 spiro atoms. The smallest absolute Gasteiger partial charge is 0.138 e. The number of nitrogens with zero attached hydrogens (tertiary/aromatic N) is 2. The zero-order valence-electron chi connectivity index (χ0n) is 15.5. The Morgan fingerprint density at radius 2 is 1.56 bits per heavy atom. The normalized spacial score (nSPS) is 12.0. The Bertz CT molecular complexity index is 957. The summed E-state index contributed by atoms with van der Waals surface area (Å²) >= 11 is 0. The van der Waals surface area contributed by atoms with Gasteiger partial charge >= 0.3 is 0 Å². The lowest BCUT2D eigenvalue weighted by molar-refractivity contribution is -0.702. The fraction of sp³-hybridized carbons (Fsp3) is 0.125. The van der Waals surface area contributed by atoms with Crippen molar-refractivity contribution in [1.82, 2.24) is 9.55 Å². The second kappa shape index (κ2) is 8.02. The van der Waals surface area contributed by atoms with Gasteiger partial charge in [0.15, 0.2) is 0 Å². The van der Waals surface area contributed by atoms with Crippen LogP contribution in [0.4, 0.5) is 0 Å². The maximum Gasteiger partial charge on any atom is 0.138 e. The Labute approximate surface area is 160 Å². The molecule has 0 saturated carbocycles.